The summed E-state index contributed by atoms with van der Waals surface area (Å²) in [6, 6.07) is 5.21. The lowest BCUT2D eigenvalue weighted by molar-refractivity contribution is 0.110. The Morgan fingerprint density at radius 3 is 2.85 bits per heavy atom. The van der Waals surface area contributed by atoms with Gasteiger partial charge in [-0.05, 0) is 18.2 Å². The van der Waals surface area contributed by atoms with Gasteiger partial charge in [0.1, 0.15) is 5.69 Å². The fourth-order valence-electron chi connectivity index (χ4n) is 1.17. The maximum absolute atomic E-state index is 10.4. The van der Waals surface area contributed by atoms with E-state index in [1.807, 2.05) is 13.1 Å². The molecule has 0 radical (unpaired) electrons. The van der Waals surface area contributed by atoms with Crippen LogP contribution >= 0.6 is 0 Å². The highest BCUT2D eigenvalue weighted by molar-refractivity contribution is 5.72. The second kappa shape index (κ2) is 2.90. The van der Waals surface area contributed by atoms with Crippen LogP contribution in [0.15, 0.2) is 28.8 Å². The van der Waals surface area contributed by atoms with Gasteiger partial charge < -0.3 is 4.42 Å². The molecule has 0 fully saturated rings. The van der Waals surface area contributed by atoms with Gasteiger partial charge in [-0.1, -0.05) is 0 Å². The topological polar surface area (TPSA) is 48.0 Å². The molecule has 0 aliphatic heterocycles. The molecule has 66 valence electrons. The summed E-state index contributed by atoms with van der Waals surface area (Å²) >= 11 is 0. The van der Waals surface area contributed by atoms with E-state index in [9.17, 15) is 4.79 Å². The van der Waals surface area contributed by atoms with Gasteiger partial charge in [-0.3, -0.25) is 9.48 Å². The summed E-state index contributed by atoms with van der Waals surface area (Å²) in [6.45, 7) is 0. The molecule has 0 saturated heterocycles. The molecule has 2 heterocycles. The van der Waals surface area contributed by atoms with Crippen molar-refractivity contribution in [3.05, 3.63) is 30.2 Å². The largest absolute Gasteiger partial charge is 0.452 e. The summed E-state index contributed by atoms with van der Waals surface area (Å²) in [6.07, 6.45) is 2.36. The van der Waals surface area contributed by atoms with Gasteiger partial charge in [-0.25, -0.2) is 0 Å². The quantitative estimate of drug-likeness (QED) is 0.651. The first kappa shape index (κ1) is 7.79. The van der Waals surface area contributed by atoms with Crippen molar-refractivity contribution in [3.63, 3.8) is 0 Å². The van der Waals surface area contributed by atoms with Crippen molar-refractivity contribution < 1.29 is 9.21 Å². The second-order valence-electron chi connectivity index (χ2n) is 2.66. The number of carbonyl (C=O) groups is 1. The zero-order valence-electron chi connectivity index (χ0n) is 7.10. The normalized spacial score (nSPS) is 10.2. The Hall–Kier alpha value is -1.84. The minimum atomic E-state index is 0.330. The summed E-state index contributed by atoms with van der Waals surface area (Å²) in [5.74, 6) is 0.985. The Morgan fingerprint density at radius 1 is 1.46 bits per heavy atom. The molecule has 13 heavy (non-hydrogen) atoms. The standard InChI is InChI=1S/C9H8N2O2/c1-11-8(4-5-10-11)9-3-2-7(6-12)13-9/h2-6H,1H3. The molecule has 0 aliphatic rings. The first-order chi connectivity index (χ1) is 6.31. The first-order valence-corrected chi connectivity index (χ1v) is 3.84. The van der Waals surface area contributed by atoms with Crippen LogP contribution in [0.3, 0.4) is 0 Å². The summed E-state index contributed by atoms with van der Waals surface area (Å²) in [5.41, 5.74) is 0.855. The predicted octanol–water partition coefficient (Wildman–Crippen LogP) is 1.49. The molecule has 4 nitrogen and oxygen atoms in total. The van der Waals surface area contributed by atoms with Crippen molar-refractivity contribution in [1.29, 1.82) is 0 Å². The van der Waals surface area contributed by atoms with Crippen LogP contribution in [0.4, 0.5) is 0 Å². The molecule has 2 aromatic heterocycles. The number of hydrogen-bond acceptors (Lipinski definition) is 3. The zero-order chi connectivity index (χ0) is 9.26. The summed E-state index contributed by atoms with van der Waals surface area (Å²) in [4.78, 5) is 10.4. The predicted molar refractivity (Wildman–Crippen MR) is 46.3 cm³/mol. The Balaban J connectivity index is 2.46. The third-order valence-electron chi connectivity index (χ3n) is 1.82. The smallest absolute Gasteiger partial charge is 0.185 e. The van der Waals surface area contributed by atoms with E-state index < -0.39 is 0 Å². The highest BCUT2D eigenvalue weighted by Crippen LogP contribution is 2.19. The summed E-state index contributed by atoms with van der Waals surface area (Å²) in [5, 5.41) is 4.00. The van der Waals surface area contributed by atoms with E-state index in [0.29, 0.717) is 17.8 Å². The molecule has 0 aromatic carbocycles. The lowest BCUT2D eigenvalue weighted by Crippen LogP contribution is -1.91. The number of carbonyl (C=O) groups excluding carboxylic acids is 1. The molecule has 0 spiro atoms. The molecule has 0 bridgehead atoms. The van der Waals surface area contributed by atoms with Gasteiger partial charge in [-0.2, -0.15) is 5.10 Å². The number of aromatic nitrogens is 2. The van der Waals surface area contributed by atoms with Crippen molar-refractivity contribution >= 4 is 6.29 Å². The second-order valence-corrected chi connectivity index (χ2v) is 2.66. The highest BCUT2D eigenvalue weighted by Gasteiger charge is 2.06. The van der Waals surface area contributed by atoms with E-state index in [0.717, 1.165) is 5.69 Å². The molecular formula is C9H8N2O2. The SMILES string of the molecule is Cn1nccc1-c1ccc(C=O)o1. The average molecular weight is 176 g/mol. The highest BCUT2D eigenvalue weighted by atomic mass is 16.3. The molecule has 2 rings (SSSR count). The van der Waals surface area contributed by atoms with Gasteiger partial charge in [0.2, 0.25) is 0 Å². The van der Waals surface area contributed by atoms with Crippen molar-refractivity contribution in [2.24, 2.45) is 7.05 Å². The van der Waals surface area contributed by atoms with Crippen molar-refractivity contribution in [3.8, 4) is 11.5 Å². The van der Waals surface area contributed by atoms with Crippen molar-refractivity contribution in [1.82, 2.24) is 9.78 Å². The van der Waals surface area contributed by atoms with Gasteiger partial charge >= 0.3 is 0 Å². The Bertz CT molecular complexity index is 428. The van der Waals surface area contributed by atoms with E-state index in [4.69, 9.17) is 4.42 Å². The minimum Gasteiger partial charge on any atom is -0.452 e. The summed E-state index contributed by atoms with van der Waals surface area (Å²) < 4.78 is 6.92. The van der Waals surface area contributed by atoms with Crippen LogP contribution in [0, 0.1) is 0 Å². The molecule has 0 N–H and O–H groups in total. The molecule has 0 atom stereocenters. The van der Waals surface area contributed by atoms with Gasteiger partial charge in [0.15, 0.2) is 17.8 Å². The third kappa shape index (κ3) is 1.26. The fraction of sp³-hybridized carbons (Fsp3) is 0.111. The van der Waals surface area contributed by atoms with Crippen molar-refractivity contribution in [2.45, 2.75) is 0 Å². The van der Waals surface area contributed by atoms with E-state index >= 15 is 0 Å². The van der Waals surface area contributed by atoms with Gasteiger partial charge in [0.25, 0.3) is 0 Å². The van der Waals surface area contributed by atoms with Gasteiger partial charge in [-0.15, -0.1) is 0 Å². The van der Waals surface area contributed by atoms with E-state index in [2.05, 4.69) is 5.10 Å². The maximum Gasteiger partial charge on any atom is 0.185 e. The monoisotopic (exact) mass is 176 g/mol. The fourth-order valence-corrected chi connectivity index (χ4v) is 1.17. The number of rotatable bonds is 2. The van der Waals surface area contributed by atoms with Crippen LogP contribution < -0.4 is 0 Å². The number of nitrogens with zero attached hydrogens (tertiary/aromatic N) is 2. The van der Waals surface area contributed by atoms with E-state index in [1.165, 1.54) is 0 Å². The van der Waals surface area contributed by atoms with Crippen LogP contribution in [-0.2, 0) is 7.05 Å². The Labute approximate surface area is 74.8 Å². The average Bonchev–Trinajstić information content (AvgIpc) is 2.71. The van der Waals surface area contributed by atoms with Gasteiger partial charge in [0, 0.05) is 13.2 Å². The first-order valence-electron chi connectivity index (χ1n) is 3.84. The third-order valence-corrected chi connectivity index (χ3v) is 1.82. The van der Waals surface area contributed by atoms with Crippen molar-refractivity contribution in [2.75, 3.05) is 0 Å². The van der Waals surface area contributed by atoms with E-state index in [-0.39, 0.29) is 0 Å². The molecule has 2 aromatic rings. The number of hydrogen-bond donors (Lipinski definition) is 0. The van der Waals surface area contributed by atoms with E-state index in [1.54, 1.807) is 23.0 Å². The lowest BCUT2D eigenvalue weighted by atomic mass is 10.3. The molecule has 0 saturated carbocycles. The van der Waals surface area contributed by atoms with Crippen LogP contribution in [0.1, 0.15) is 10.6 Å². The summed E-state index contributed by atoms with van der Waals surface area (Å²) in [7, 11) is 1.82. The maximum atomic E-state index is 10.4. The minimum absolute atomic E-state index is 0.330. The van der Waals surface area contributed by atoms with Crippen LogP contribution in [0.2, 0.25) is 0 Å². The van der Waals surface area contributed by atoms with Crippen LogP contribution in [0.5, 0.6) is 0 Å². The van der Waals surface area contributed by atoms with Gasteiger partial charge in [0.05, 0.1) is 0 Å². The Kier molecular flexibility index (Phi) is 1.73. The Morgan fingerprint density at radius 2 is 2.31 bits per heavy atom. The molecule has 0 aliphatic carbocycles. The number of furan rings is 1. The van der Waals surface area contributed by atoms with Crippen LogP contribution in [-0.4, -0.2) is 16.1 Å². The molecule has 0 amide bonds. The number of aldehydes is 1. The van der Waals surface area contributed by atoms with Crippen LogP contribution in [0.25, 0.3) is 11.5 Å². The zero-order valence-corrected chi connectivity index (χ0v) is 7.10. The lowest BCUT2D eigenvalue weighted by Gasteiger charge is -1.95. The molecule has 4 heteroatoms. The number of aryl methyl sites for hydroxylation is 1. The molecule has 0 unspecified atom stereocenters. The molecular weight excluding hydrogens is 168 g/mol.